The lowest BCUT2D eigenvalue weighted by atomic mass is 9.96. The molecule has 0 aliphatic heterocycles. The largest absolute Gasteiger partial charge is 0.508 e. The maximum absolute atomic E-state index is 11.6. The summed E-state index contributed by atoms with van der Waals surface area (Å²) in [6.07, 6.45) is 0. The van der Waals surface area contributed by atoms with Crippen LogP contribution in [0.4, 0.5) is 0 Å². The Morgan fingerprint density at radius 3 is 2.14 bits per heavy atom. The zero-order valence-corrected chi connectivity index (χ0v) is 8.15. The van der Waals surface area contributed by atoms with Gasteiger partial charge in [0.2, 0.25) is 0 Å². The number of hydrogen-bond acceptors (Lipinski definition) is 3. The average Bonchev–Trinajstić information content (AvgIpc) is 2.16. The lowest BCUT2D eigenvalue weighted by molar-refractivity contribution is -0.118. The number of carbonyl (C=O) groups is 2. The summed E-state index contributed by atoms with van der Waals surface area (Å²) < 4.78 is 0. The standard InChI is InChI=1S/C11H12O3/c1-7(8(2)12)11(14)9-3-5-10(13)6-4-9/h3-7,13H,1-2H3. The summed E-state index contributed by atoms with van der Waals surface area (Å²) in [5, 5.41) is 9.01. The molecule has 0 aliphatic carbocycles. The number of rotatable bonds is 3. The third-order valence-electron chi connectivity index (χ3n) is 2.15. The molecule has 0 fully saturated rings. The highest BCUT2D eigenvalue weighted by molar-refractivity contribution is 6.09. The van der Waals surface area contributed by atoms with Gasteiger partial charge in [-0.15, -0.1) is 0 Å². The lowest BCUT2D eigenvalue weighted by Gasteiger charge is -2.05. The molecule has 3 nitrogen and oxygen atoms in total. The third-order valence-corrected chi connectivity index (χ3v) is 2.15. The van der Waals surface area contributed by atoms with Crippen molar-refractivity contribution in [2.75, 3.05) is 0 Å². The number of benzene rings is 1. The normalized spacial score (nSPS) is 12.1. The molecule has 1 unspecified atom stereocenters. The molecule has 0 saturated carbocycles. The van der Waals surface area contributed by atoms with Crippen molar-refractivity contribution in [1.82, 2.24) is 0 Å². The first kappa shape index (κ1) is 10.4. The topological polar surface area (TPSA) is 54.4 Å². The Kier molecular flexibility index (Phi) is 3.02. The molecule has 3 heteroatoms. The Hall–Kier alpha value is -1.64. The van der Waals surface area contributed by atoms with Gasteiger partial charge in [0.05, 0.1) is 5.92 Å². The van der Waals surface area contributed by atoms with E-state index in [1.54, 1.807) is 6.92 Å². The molecule has 1 rings (SSSR count). The first-order valence-electron chi connectivity index (χ1n) is 4.36. The predicted molar refractivity (Wildman–Crippen MR) is 52.3 cm³/mol. The average molecular weight is 192 g/mol. The van der Waals surface area contributed by atoms with E-state index in [1.807, 2.05) is 0 Å². The minimum Gasteiger partial charge on any atom is -0.508 e. The van der Waals surface area contributed by atoms with Crippen LogP contribution in [0.5, 0.6) is 5.75 Å². The van der Waals surface area contributed by atoms with E-state index in [0.29, 0.717) is 5.56 Å². The fourth-order valence-electron chi connectivity index (χ4n) is 1.06. The molecule has 14 heavy (non-hydrogen) atoms. The smallest absolute Gasteiger partial charge is 0.173 e. The maximum atomic E-state index is 11.6. The fourth-order valence-corrected chi connectivity index (χ4v) is 1.06. The van der Waals surface area contributed by atoms with Crippen LogP contribution in [0.25, 0.3) is 0 Å². The first-order chi connectivity index (χ1) is 6.52. The van der Waals surface area contributed by atoms with Gasteiger partial charge in [-0.05, 0) is 38.1 Å². The number of aromatic hydroxyl groups is 1. The van der Waals surface area contributed by atoms with Crippen LogP contribution < -0.4 is 0 Å². The number of carbonyl (C=O) groups excluding carboxylic acids is 2. The highest BCUT2D eigenvalue weighted by Crippen LogP contribution is 2.14. The van der Waals surface area contributed by atoms with Crippen LogP contribution in [0.2, 0.25) is 0 Å². The second kappa shape index (κ2) is 4.05. The second-order valence-electron chi connectivity index (χ2n) is 3.24. The van der Waals surface area contributed by atoms with E-state index in [4.69, 9.17) is 5.11 Å². The quantitative estimate of drug-likeness (QED) is 0.586. The molecule has 1 aromatic rings. The summed E-state index contributed by atoms with van der Waals surface area (Å²) in [6, 6.07) is 5.88. The van der Waals surface area contributed by atoms with Gasteiger partial charge in [0.25, 0.3) is 0 Å². The predicted octanol–water partition coefficient (Wildman–Crippen LogP) is 1.80. The lowest BCUT2D eigenvalue weighted by Crippen LogP contribution is -2.18. The molecule has 0 bridgehead atoms. The van der Waals surface area contributed by atoms with Gasteiger partial charge >= 0.3 is 0 Å². The van der Waals surface area contributed by atoms with Gasteiger partial charge < -0.3 is 5.11 Å². The van der Waals surface area contributed by atoms with Gasteiger partial charge in [0.15, 0.2) is 5.78 Å². The van der Waals surface area contributed by atoms with Crippen molar-refractivity contribution in [2.24, 2.45) is 5.92 Å². The Morgan fingerprint density at radius 1 is 1.21 bits per heavy atom. The molecule has 0 saturated heterocycles. The Labute approximate surface area is 82.4 Å². The molecule has 0 aromatic heterocycles. The fraction of sp³-hybridized carbons (Fsp3) is 0.273. The maximum Gasteiger partial charge on any atom is 0.173 e. The summed E-state index contributed by atoms with van der Waals surface area (Å²) in [7, 11) is 0. The highest BCUT2D eigenvalue weighted by Gasteiger charge is 2.18. The minimum atomic E-state index is -0.612. The molecule has 0 amide bonds. The number of ketones is 2. The Balaban J connectivity index is 2.90. The van der Waals surface area contributed by atoms with Crippen molar-refractivity contribution in [3.8, 4) is 5.75 Å². The molecule has 1 atom stereocenters. The van der Waals surface area contributed by atoms with Crippen LogP contribution in [-0.4, -0.2) is 16.7 Å². The second-order valence-corrected chi connectivity index (χ2v) is 3.24. The monoisotopic (exact) mass is 192 g/mol. The molecule has 1 N–H and O–H groups in total. The molecular weight excluding hydrogens is 180 g/mol. The minimum absolute atomic E-state index is 0.108. The van der Waals surface area contributed by atoms with Gasteiger partial charge in [-0.25, -0.2) is 0 Å². The number of Topliss-reactive ketones (excluding diaryl/α,β-unsaturated/α-hetero) is 2. The van der Waals surface area contributed by atoms with Crippen LogP contribution in [0.3, 0.4) is 0 Å². The van der Waals surface area contributed by atoms with Gasteiger partial charge in [-0.2, -0.15) is 0 Å². The summed E-state index contributed by atoms with van der Waals surface area (Å²) in [5.41, 5.74) is 0.450. The van der Waals surface area contributed by atoms with E-state index in [2.05, 4.69) is 0 Å². The van der Waals surface area contributed by atoms with Gasteiger partial charge in [-0.3, -0.25) is 9.59 Å². The van der Waals surface area contributed by atoms with Crippen molar-refractivity contribution in [1.29, 1.82) is 0 Å². The van der Waals surface area contributed by atoms with E-state index >= 15 is 0 Å². The van der Waals surface area contributed by atoms with E-state index in [0.717, 1.165) is 0 Å². The van der Waals surface area contributed by atoms with Crippen LogP contribution in [0.1, 0.15) is 24.2 Å². The van der Waals surface area contributed by atoms with Crippen LogP contribution >= 0.6 is 0 Å². The summed E-state index contributed by atoms with van der Waals surface area (Å²) in [5.74, 6) is -0.864. The summed E-state index contributed by atoms with van der Waals surface area (Å²) >= 11 is 0. The zero-order chi connectivity index (χ0) is 10.7. The molecule has 0 heterocycles. The molecule has 0 radical (unpaired) electrons. The van der Waals surface area contributed by atoms with Crippen molar-refractivity contribution in [3.63, 3.8) is 0 Å². The number of phenolic OH excluding ortho intramolecular Hbond substituents is 1. The summed E-state index contributed by atoms with van der Waals surface area (Å²) in [4.78, 5) is 22.6. The molecule has 1 aromatic carbocycles. The number of hydrogen-bond donors (Lipinski definition) is 1. The van der Waals surface area contributed by atoms with Gasteiger partial charge in [0.1, 0.15) is 11.5 Å². The zero-order valence-electron chi connectivity index (χ0n) is 8.15. The van der Waals surface area contributed by atoms with Gasteiger partial charge in [0, 0.05) is 5.56 Å². The van der Waals surface area contributed by atoms with E-state index in [1.165, 1.54) is 31.2 Å². The SMILES string of the molecule is CC(=O)C(C)C(=O)c1ccc(O)cc1. The van der Waals surface area contributed by atoms with Gasteiger partial charge in [-0.1, -0.05) is 0 Å². The van der Waals surface area contributed by atoms with Crippen LogP contribution in [0.15, 0.2) is 24.3 Å². The van der Waals surface area contributed by atoms with Crippen molar-refractivity contribution in [3.05, 3.63) is 29.8 Å². The van der Waals surface area contributed by atoms with Crippen LogP contribution in [0, 0.1) is 5.92 Å². The van der Waals surface area contributed by atoms with Crippen molar-refractivity contribution in [2.45, 2.75) is 13.8 Å². The molecule has 0 aliphatic rings. The Morgan fingerprint density at radius 2 is 1.71 bits per heavy atom. The van der Waals surface area contributed by atoms with Crippen molar-refractivity contribution >= 4 is 11.6 Å². The number of phenols is 1. The summed E-state index contributed by atoms with van der Waals surface area (Å²) in [6.45, 7) is 2.97. The van der Waals surface area contributed by atoms with E-state index in [9.17, 15) is 9.59 Å². The molecule has 0 spiro atoms. The highest BCUT2D eigenvalue weighted by atomic mass is 16.3. The Bertz CT molecular complexity index is 351. The first-order valence-corrected chi connectivity index (χ1v) is 4.36. The molecule has 74 valence electrons. The molecular formula is C11H12O3. The van der Waals surface area contributed by atoms with Crippen LogP contribution in [-0.2, 0) is 4.79 Å². The van der Waals surface area contributed by atoms with E-state index in [-0.39, 0.29) is 17.3 Å². The van der Waals surface area contributed by atoms with E-state index < -0.39 is 5.92 Å². The van der Waals surface area contributed by atoms with Crippen molar-refractivity contribution < 1.29 is 14.7 Å². The third kappa shape index (κ3) is 2.19.